The molecular weight excluding hydrogens is 362 g/mol. The molecule has 0 bridgehead atoms. The summed E-state index contributed by atoms with van der Waals surface area (Å²) in [5, 5.41) is 2.71. The van der Waals surface area contributed by atoms with Gasteiger partial charge in [-0.15, -0.1) is 0 Å². The zero-order valence-electron chi connectivity index (χ0n) is 12.7. The highest BCUT2D eigenvalue weighted by Crippen LogP contribution is 2.18. The monoisotopic (exact) mass is 377 g/mol. The zero-order chi connectivity index (χ0) is 16.8. The van der Waals surface area contributed by atoms with Gasteiger partial charge in [-0.1, -0.05) is 22.0 Å². The lowest BCUT2D eigenvalue weighted by atomic mass is 10.2. The second-order valence-electron chi connectivity index (χ2n) is 4.78. The fourth-order valence-corrected chi connectivity index (χ4v) is 2.12. The van der Waals surface area contributed by atoms with Gasteiger partial charge in [0.25, 0.3) is 5.91 Å². The number of amides is 1. The fourth-order valence-electron chi connectivity index (χ4n) is 1.86. The molecule has 120 valence electrons. The molecule has 5 nitrogen and oxygen atoms in total. The molecule has 1 atom stereocenters. The van der Waals surface area contributed by atoms with E-state index in [1.54, 1.807) is 43.3 Å². The molecule has 0 heterocycles. The molecule has 0 fully saturated rings. The molecule has 0 aromatic heterocycles. The molecule has 6 heteroatoms. The first-order chi connectivity index (χ1) is 11.0. The Hall–Kier alpha value is -2.34. The minimum atomic E-state index is -0.682. The highest BCUT2D eigenvalue weighted by atomic mass is 79.9. The predicted molar refractivity (Wildman–Crippen MR) is 90.6 cm³/mol. The van der Waals surface area contributed by atoms with Crippen LogP contribution in [0.1, 0.15) is 17.3 Å². The Morgan fingerprint density at radius 3 is 2.48 bits per heavy atom. The minimum absolute atomic E-state index is 0.310. The summed E-state index contributed by atoms with van der Waals surface area (Å²) in [6, 6.07) is 13.7. The third-order valence-electron chi connectivity index (χ3n) is 3.05. The SMILES string of the molecule is COC(=O)c1cccc(NC(=O)[C@@H](C)Oc2ccc(Br)cc2)c1. The Balaban J connectivity index is 2.00. The number of anilines is 1. The number of esters is 1. The van der Waals surface area contributed by atoms with Crippen molar-refractivity contribution in [1.82, 2.24) is 0 Å². The lowest BCUT2D eigenvalue weighted by molar-refractivity contribution is -0.122. The molecule has 1 amide bonds. The molecule has 2 aromatic carbocycles. The minimum Gasteiger partial charge on any atom is -0.481 e. The van der Waals surface area contributed by atoms with E-state index in [2.05, 4.69) is 26.0 Å². The van der Waals surface area contributed by atoms with Crippen LogP contribution < -0.4 is 10.1 Å². The van der Waals surface area contributed by atoms with E-state index in [9.17, 15) is 9.59 Å². The van der Waals surface area contributed by atoms with Crippen LogP contribution in [0.25, 0.3) is 0 Å². The summed E-state index contributed by atoms with van der Waals surface area (Å²) in [7, 11) is 1.31. The van der Waals surface area contributed by atoms with E-state index in [0.717, 1.165) is 4.47 Å². The molecule has 0 aliphatic rings. The number of hydrogen-bond acceptors (Lipinski definition) is 4. The molecule has 0 aliphatic heterocycles. The van der Waals surface area contributed by atoms with Gasteiger partial charge in [0.2, 0.25) is 0 Å². The van der Waals surface area contributed by atoms with Gasteiger partial charge in [0, 0.05) is 10.2 Å². The number of benzene rings is 2. The molecule has 0 saturated heterocycles. The topological polar surface area (TPSA) is 64.6 Å². The summed E-state index contributed by atoms with van der Waals surface area (Å²) in [6.45, 7) is 1.65. The largest absolute Gasteiger partial charge is 0.481 e. The highest BCUT2D eigenvalue weighted by molar-refractivity contribution is 9.10. The van der Waals surface area contributed by atoms with Gasteiger partial charge >= 0.3 is 5.97 Å². The molecule has 0 unspecified atom stereocenters. The number of methoxy groups -OCH3 is 1. The van der Waals surface area contributed by atoms with E-state index in [-0.39, 0.29) is 5.91 Å². The maximum absolute atomic E-state index is 12.2. The van der Waals surface area contributed by atoms with Crippen LogP contribution in [0.15, 0.2) is 53.0 Å². The van der Waals surface area contributed by atoms with Gasteiger partial charge in [-0.3, -0.25) is 4.79 Å². The normalized spacial score (nSPS) is 11.4. The summed E-state index contributed by atoms with van der Waals surface area (Å²) in [4.78, 5) is 23.7. The summed E-state index contributed by atoms with van der Waals surface area (Å²) in [5.41, 5.74) is 0.871. The van der Waals surface area contributed by atoms with E-state index >= 15 is 0 Å². The van der Waals surface area contributed by atoms with Crippen molar-refractivity contribution in [2.24, 2.45) is 0 Å². The smallest absolute Gasteiger partial charge is 0.337 e. The van der Waals surface area contributed by atoms with Gasteiger partial charge in [0.15, 0.2) is 6.10 Å². The first kappa shape index (κ1) is 17.0. The first-order valence-electron chi connectivity index (χ1n) is 6.91. The van der Waals surface area contributed by atoms with Crippen LogP contribution in [0, 0.1) is 0 Å². The van der Waals surface area contributed by atoms with Crippen LogP contribution >= 0.6 is 15.9 Å². The van der Waals surface area contributed by atoms with Crippen molar-refractivity contribution in [2.45, 2.75) is 13.0 Å². The summed E-state index contributed by atoms with van der Waals surface area (Å²) >= 11 is 3.34. The first-order valence-corrected chi connectivity index (χ1v) is 7.70. The number of hydrogen-bond donors (Lipinski definition) is 1. The fraction of sp³-hybridized carbons (Fsp3) is 0.176. The van der Waals surface area contributed by atoms with Crippen LogP contribution in [0.2, 0.25) is 0 Å². The summed E-state index contributed by atoms with van der Waals surface area (Å²) in [5.74, 6) is -0.172. The Morgan fingerprint density at radius 1 is 1.13 bits per heavy atom. The Bertz CT molecular complexity index is 700. The van der Waals surface area contributed by atoms with E-state index in [1.165, 1.54) is 7.11 Å². The molecule has 23 heavy (non-hydrogen) atoms. The third-order valence-corrected chi connectivity index (χ3v) is 3.58. The quantitative estimate of drug-likeness (QED) is 0.807. The average molecular weight is 378 g/mol. The summed E-state index contributed by atoms with van der Waals surface area (Å²) < 4.78 is 11.2. The van der Waals surface area contributed by atoms with E-state index in [0.29, 0.717) is 17.0 Å². The molecule has 1 N–H and O–H groups in total. The van der Waals surface area contributed by atoms with Crippen molar-refractivity contribution in [1.29, 1.82) is 0 Å². The summed E-state index contributed by atoms with van der Waals surface area (Å²) in [6.07, 6.45) is -0.682. The Labute approximate surface area is 142 Å². The van der Waals surface area contributed by atoms with Crippen molar-refractivity contribution in [3.63, 3.8) is 0 Å². The maximum atomic E-state index is 12.2. The number of ether oxygens (including phenoxy) is 2. The van der Waals surface area contributed by atoms with Crippen LogP contribution in [0.4, 0.5) is 5.69 Å². The number of halogens is 1. The van der Waals surface area contributed by atoms with Crippen LogP contribution in [0.5, 0.6) is 5.75 Å². The number of rotatable bonds is 5. The van der Waals surface area contributed by atoms with E-state index < -0.39 is 12.1 Å². The van der Waals surface area contributed by atoms with Crippen molar-refractivity contribution in [3.05, 3.63) is 58.6 Å². The number of nitrogens with one attached hydrogen (secondary N) is 1. The van der Waals surface area contributed by atoms with Crippen molar-refractivity contribution in [2.75, 3.05) is 12.4 Å². The van der Waals surface area contributed by atoms with Gasteiger partial charge in [-0.05, 0) is 49.4 Å². The van der Waals surface area contributed by atoms with Crippen molar-refractivity contribution in [3.8, 4) is 5.75 Å². The number of carbonyl (C=O) groups is 2. The van der Waals surface area contributed by atoms with Crippen LogP contribution in [-0.4, -0.2) is 25.1 Å². The molecule has 0 saturated carbocycles. The van der Waals surface area contributed by atoms with Crippen LogP contribution in [-0.2, 0) is 9.53 Å². The van der Waals surface area contributed by atoms with Gasteiger partial charge in [0.1, 0.15) is 5.75 Å². The second kappa shape index (κ2) is 7.78. The van der Waals surface area contributed by atoms with Gasteiger partial charge in [0.05, 0.1) is 12.7 Å². The number of carbonyl (C=O) groups excluding carboxylic acids is 2. The average Bonchev–Trinajstić information content (AvgIpc) is 2.56. The maximum Gasteiger partial charge on any atom is 0.337 e. The second-order valence-corrected chi connectivity index (χ2v) is 5.69. The lowest BCUT2D eigenvalue weighted by Crippen LogP contribution is -2.30. The van der Waals surface area contributed by atoms with Crippen molar-refractivity contribution < 1.29 is 19.1 Å². The van der Waals surface area contributed by atoms with Gasteiger partial charge < -0.3 is 14.8 Å². The predicted octanol–water partition coefficient (Wildman–Crippen LogP) is 3.64. The van der Waals surface area contributed by atoms with Gasteiger partial charge in [-0.25, -0.2) is 4.79 Å². The van der Waals surface area contributed by atoms with Crippen LogP contribution in [0.3, 0.4) is 0 Å². The van der Waals surface area contributed by atoms with E-state index in [1.807, 2.05) is 12.1 Å². The molecule has 0 radical (unpaired) electrons. The molecule has 2 rings (SSSR count). The lowest BCUT2D eigenvalue weighted by Gasteiger charge is -2.15. The standard InChI is InChI=1S/C17H16BrNO4/c1-11(23-15-8-6-13(18)7-9-15)16(20)19-14-5-3-4-12(10-14)17(21)22-2/h3-11H,1-2H3,(H,19,20)/t11-/m1/s1. The molecule has 0 spiro atoms. The van der Waals surface area contributed by atoms with Crippen molar-refractivity contribution >= 4 is 33.5 Å². The molecular formula is C17H16BrNO4. The highest BCUT2D eigenvalue weighted by Gasteiger charge is 2.15. The molecule has 2 aromatic rings. The molecule has 0 aliphatic carbocycles. The van der Waals surface area contributed by atoms with E-state index in [4.69, 9.17) is 4.74 Å². The third kappa shape index (κ3) is 4.82. The Morgan fingerprint density at radius 2 is 1.83 bits per heavy atom. The Kier molecular flexibility index (Phi) is 5.76. The zero-order valence-corrected chi connectivity index (χ0v) is 14.3. The van der Waals surface area contributed by atoms with Gasteiger partial charge in [-0.2, -0.15) is 0 Å².